The van der Waals surface area contributed by atoms with Crippen molar-refractivity contribution in [3.05, 3.63) is 75.9 Å². The molecule has 0 heterocycles. The number of hydrogen-bond acceptors (Lipinski definition) is 4. The van der Waals surface area contributed by atoms with E-state index in [9.17, 15) is 9.59 Å². The van der Waals surface area contributed by atoms with Crippen LogP contribution in [0.1, 0.15) is 17.3 Å². The highest BCUT2D eigenvalue weighted by atomic mass is 35.5. The van der Waals surface area contributed by atoms with Gasteiger partial charge in [-0.15, -0.1) is 0 Å². The predicted octanol–water partition coefficient (Wildman–Crippen LogP) is 4.74. The van der Waals surface area contributed by atoms with Gasteiger partial charge in [0.05, 0.1) is 6.61 Å². The Morgan fingerprint density at radius 2 is 1.54 bits per heavy atom. The Hall–Kier alpha value is -2.30. The van der Waals surface area contributed by atoms with Crippen LogP contribution in [0.15, 0.2) is 60.3 Å². The van der Waals surface area contributed by atoms with Gasteiger partial charge in [0, 0.05) is 27.5 Å². The van der Waals surface area contributed by atoms with Crippen LogP contribution < -0.4 is 5.32 Å². The van der Waals surface area contributed by atoms with Crippen molar-refractivity contribution in [2.45, 2.75) is 6.92 Å². The van der Waals surface area contributed by atoms with Gasteiger partial charge < -0.3 is 10.1 Å². The molecule has 0 radical (unpaired) electrons. The molecule has 1 N–H and O–H groups in total. The Balaban J connectivity index is 2.27. The summed E-state index contributed by atoms with van der Waals surface area (Å²) in [5.41, 5.74) is 0.927. The van der Waals surface area contributed by atoms with Crippen molar-refractivity contribution in [1.29, 1.82) is 0 Å². The first-order valence-electron chi connectivity index (χ1n) is 7.21. The molecule has 6 heteroatoms. The molecular formula is C18H15Cl2NO3. The average molecular weight is 364 g/mol. The zero-order valence-corrected chi connectivity index (χ0v) is 14.4. The van der Waals surface area contributed by atoms with Crippen LogP contribution in [0.25, 0.3) is 0 Å². The Labute approximate surface area is 150 Å². The molecule has 0 spiro atoms. The molecule has 2 aromatic carbocycles. The number of anilines is 1. The molecule has 0 aliphatic rings. The second-order valence-corrected chi connectivity index (χ2v) is 5.64. The zero-order chi connectivity index (χ0) is 17.5. The molecule has 124 valence electrons. The van der Waals surface area contributed by atoms with Gasteiger partial charge in [0.15, 0.2) is 0 Å². The van der Waals surface area contributed by atoms with Gasteiger partial charge in [-0.25, -0.2) is 4.79 Å². The molecule has 0 aromatic heterocycles. The monoisotopic (exact) mass is 363 g/mol. The fraction of sp³-hybridized carbons (Fsp3) is 0.111. The maximum atomic E-state index is 12.6. The quantitative estimate of drug-likeness (QED) is 0.265. The normalized spacial score (nSPS) is 11.0. The molecule has 0 bridgehead atoms. The summed E-state index contributed by atoms with van der Waals surface area (Å²) in [5, 5.41) is 4.00. The molecule has 2 aromatic rings. The van der Waals surface area contributed by atoms with Crippen LogP contribution in [0.5, 0.6) is 0 Å². The van der Waals surface area contributed by atoms with Crippen LogP contribution in [0, 0.1) is 0 Å². The van der Waals surface area contributed by atoms with E-state index in [2.05, 4.69) is 5.32 Å². The van der Waals surface area contributed by atoms with E-state index >= 15 is 0 Å². The van der Waals surface area contributed by atoms with Crippen LogP contribution in [0.2, 0.25) is 10.0 Å². The molecule has 2 rings (SSSR count). The minimum atomic E-state index is -0.695. The first kappa shape index (κ1) is 18.0. The number of benzene rings is 2. The number of rotatable bonds is 6. The van der Waals surface area contributed by atoms with E-state index in [1.54, 1.807) is 55.5 Å². The number of Topliss-reactive ketones (excluding diaryl/α,β-unsaturated/α-hetero) is 1. The summed E-state index contributed by atoms with van der Waals surface area (Å²) in [5.74, 6) is -1.15. The van der Waals surface area contributed by atoms with Crippen LogP contribution in [0.4, 0.5) is 5.69 Å². The van der Waals surface area contributed by atoms with Gasteiger partial charge in [-0.05, 0) is 55.5 Å². The topological polar surface area (TPSA) is 55.4 Å². The summed E-state index contributed by atoms with van der Waals surface area (Å²) in [4.78, 5) is 24.7. The lowest BCUT2D eigenvalue weighted by Crippen LogP contribution is -2.17. The number of ketones is 1. The van der Waals surface area contributed by atoms with Crippen molar-refractivity contribution < 1.29 is 14.3 Å². The Kier molecular flexibility index (Phi) is 6.41. The Morgan fingerprint density at radius 1 is 1.00 bits per heavy atom. The van der Waals surface area contributed by atoms with Gasteiger partial charge in [-0.3, -0.25) is 4.79 Å². The molecule has 0 fully saturated rings. The van der Waals surface area contributed by atoms with E-state index in [0.717, 1.165) is 0 Å². The number of carbonyl (C=O) groups excluding carboxylic acids is 2. The third-order valence-corrected chi connectivity index (χ3v) is 3.58. The van der Waals surface area contributed by atoms with E-state index in [1.165, 1.54) is 6.20 Å². The van der Waals surface area contributed by atoms with Crippen LogP contribution in [-0.2, 0) is 9.53 Å². The fourth-order valence-corrected chi connectivity index (χ4v) is 2.14. The van der Waals surface area contributed by atoms with Gasteiger partial charge in [0.25, 0.3) is 0 Å². The standard InChI is InChI=1S/C18H15Cl2NO3/c1-2-24-18(23)16(11-21-15-9-7-14(20)8-10-15)17(22)12-3-5-13(19)6-4-12/h3-11,21H,2H2,1H3. The smallest absolute Gasteiger partial charge is 0.343 e. The minimum Gasteiger partial charge on any atom is -0.462 e. The SMILES string of the molecule is CCOC(=O)C(=CNc1ccc(Cl)cc1)C(=O)c1ccc(Cl)cc1. The maximum absolute atomic E-state index is 12.6. The van der Waals surface area contributed by atoms with Crippen molar-refractivity contribution in [2.75, 3.05) is 11.9 Å². The average Bonchev–Trinajstić information content (AvgIpc) is 2.57. The largest absolute Gasteiger partial charge is 0.462 e. The summed E-state index contributed by atoms with van der Waals surface area (Å²) in [6.45, 7) is 1.85. The van der Waals surface area contributed by atoms with Gasteiger partial charge in [0.2, 0.25) is 5.78 Å². The van der Waals surface area contributed by atoms with Crippen LogP contribution >= 0.6 is 23.2 Å². The third kappa shape index (κ3) is 4.85. The van der Waals surface area contributed by atoms with E-state index in [1.807, 2.05) is 0 Å². The number of ether oxygens (including phenoxy) is 1. The summed E-state index contributed by atoms with van der Waals surface area (Å²) in [6.07, 6.45) is 1.33. The lowest BCUT2D eigenvalue weighted by Gasteiger charge is -2.08. The molecule has 0 aliphatic carbocycles. The molecule has 0 saturated carbocycles. The zero-order valence-electron chi connectivity index (χ0n) is 12.9. The number of halogens is 2. The lowest BCUT2D eigenvalue weighted by atomic mass is 10.0. The Morgan fingerprint density at radius 3 is 2.08 bits per heavy atom. The second kappa shape index (κ2) is 8.52. The van der Waals surface area contributed by atoms with Crippen LogP contribution in [0.3, 0.4) is 0 Å². The van der Waals surface area contributed by atoms with E-state index in [4.69, 9.17) is 27.9 Å². The van der Waals surface area contributed by atoms with Gasteiger partial charge in [0.1, 0.15) is 5.57 Å². The molecule has 0 aliphatic heterocycles. The molecule has 24 heavy (non-hydrogen) atoms. The third-order valence-electron chi connectivity index (χ3n) is 3.07. The van der Waals surface area contributed by atoms with Gasteiger partial charge in [-0.2, -0.15) is 0 Å². The number of esters is 1. The molecule has 4 nitrogen and oxygen atoms in total. The highest BCUT2D eigenvalue weighted by molar-refractivity contribution is 6.31. The van der Waals surface area contributed by atoms with Crippen molar-refractivity contribution >= 4 is 40.6 Å². The predicted molar refractivity (Wildman–Crippen MR) is 95.6 cm³/mol. The van der Waals surface area contributed by atoms with Crippen molar-refractivity contribution in [1.82, 2.24) is 0 Å². The molecular weight excluding hydrogens is 349 g/mol. The number of nitrogens with one attached hydrogen (secondary N) is 1. The minimum absolute atomic E-state index is 0.103. The number of carbonyl (C=O) groups is 2. The van der Waals surface area contributed by atoms with Gasteiger partial charge >= 0.3 is 5.97 Å². The first-order valence-corrected chi connectivity index (χ1v) is 7.96. The Bertz CT molecular complexity index is 753. The highest BCUT2D eigenvalue weighted by Gasteiger charge is 2.21. The van der Waals surface area contributed by atoms with E-state index in [-0.39, 0.29) is 12.2 Å². The second-order valence-electron chi connectivity index (χ2n) is 4.77. The van der Waals surface area contributed by atoms with Crippen molar-refractivity contribution in [3.63, 3.8) is 0 Å². The van der Waals surface area contributed by atoms with Gasteiger partial charge in [-0.1, -0.05) is 23.2 Å². The fourth-order valence-electron chi connectivity index (χ4n) is 1.88. The summed E-state index contributed by atoms with van der Waals surface area (Å²) in [6, 6.07) is 13.1. The van der Waals surface area contributed by atoms with Crippen molar-refractivity contribution in [2.24, 2.45) is 0 Å². The summed E-state index contributed by atoms with van der Waals surface area (Å²) in [7, 11) is 0. The van der Waals surface area contributed by atoms with E-state index < -0.39 is 11.8 Å². The summed E-state index contributed by atoms with van der Waals surface area (Å²) < 4.78 is 4.96. The summed E-state index contributed by atoms with van der Waals surface area (Å²) >= 11 is 11.6. The number of hydrogen-bond donors (Lipinski definition) is 1. The van der Waals surface area contributed by atoms with E-state index in [0.29, 0.717) is 21.3 Å². The molecule has 0 saturated heterocycles. The van der Waals surface area contributed by atoms with Crippen molar-refractivity contribution in [3.8, 4) is 0 Å². The first-order chi connectivity index (χ1) is 11.5. The molecule has 0 unspecified atom stereocenters. The maximum Gasteiger partial charge on any atom is 0.343 e. The molecule has 0 amide bonds. The molecule has 0 atom stereocenters. The van der Waals surface area contributed by atoms with Crippen LogP contribution in [-0.4, -0.2) is 18.4 Å². The highest BCUT2D eigenvalue weighted by Crippen LogP contribution is 2.17. The lowest BCUT2D eigenvalue weighted by molar-refractivity contribution is -0.138.